The maximum absolute atomic E-state index is 11.7. The van der Waals surface area contributed by atoms with E-state index in [1.165, 1.54) is 11.8 Å². The van der Waals surface area contributed by atoms with Crippen molar-refractivity contribution in [2.45, 2.75) is 4.90 Å². The zero-order valence-electron chi connectivity index (χ0n) is 11.5. The number of hydrogen-bond acceptors (Lipinski definition) is 5. The summed E-state index contributed by atoms with van der Waals surface area (Å²) in [4.78, 5) is 15.1. The zero-order valence-corrected chi connectivity index (χ0v) is 12.3. The Kier molecular flexibility index (Phi) is 6.17. The summed E-state index contributed by atoms with van der Waals surface area (Å²) in [6, 6.07) is 7.55. The zero-order chi connectivity index (χ0) is 14.2. The lowest BCUT2D eigenvalue weighted by molar-refractivity contribution is -0.118. The fraction of sp³-hybridized carbons (Fsp3) is 0.500. The Bertz CT molecular complexity index is 419. The van der Waals surface area contributed by atoms with Crippen LogP contribution in [0.25, 0.3) is 0 Å². The molecule has 1 amide bonds. The van der Waals surface area contributed by atoms with Gasteiger partial charge in [0.25, 0.3) is 0 Å². The van der Waals surface area contributed by atoms with Crippen LogP contribution in [0.2, 0.25) is 0 Å². The molecule has 1 aliphatic heterocycles. The van der Waals surface area contributed by atoms with E-state index >= 15 is 0 Å². The Labute approximate surface area is 123 Å². The van der Waals surface area contributed by atoms with Crippen molar-refractivity contribution < 1.29 is 9.53 Å². The number of nitrogens with two attached hydrogens (primary N) is 1. The van der Waals surface area contributed by atoms with Gasteiger partial charge < -0.3 is 15.8 Å². The molecule has 0 aromatic heterocycles. The second kappa shape index (κ2) is 8.14. The molecular formula is C14H21N3O2S. The fourth-order valence-electron chi connectivity index (χ4n) is 1.94. The van der Waals surface area contributed by atoms with E-state index in [-0.39, 0.29) is 5.91 Å². The van der Waals surface area contributed by atoms with Crippen molar-refractivity contribution in [2.24, 2.45) is 0 Å². The number of amides is 1. The summed E-state index contributed by atoms with van der Waals surface area (Å²) in [5.74, 6) is 0.507. The van der Waals surface area contributed by atoms with Crippen molar-refractivity contribution in [1.29, 1.82) is 0 Å². The molecule has 0 unspecified atom stereocenters. The maximum Gasteiger partial charge on any atom is 0.230 e. The normalized spacial score (nSPS) is 16.0. The summed E-state index contributed by atoms with van der Waals surface area (Å²) in [5, 5.41) is 2.94. The van der Waals surface area contributed by atoms with Gasteiger partial charge in [0.1, 0.15) is 0 Å². The minimum atomic E-state index is 0.0695. The van der Waals surface area contributed by atoms with Crippen LogP contribution in [0.3, 0.4) is 0 Å². The third-order valence-electron chi connectivity index (χ3n) is 3.10. The van der Waals surface area contributed by atoms with E-state index in [1.807, 2.05) is 24.3 Å². The second-order valence-corrected chi connectivity index (χ2v) is 5.71. The molecule has 20 heavy (non-hydrogen) atoms. The topological polar surface area (TPSA) is 67.6 Å². The first-order chi connectivity index (χ1) is 9.74. The van der Waals surface area contributed by atoms with Gasteiger partial charge in [0.15, 0.2) is 0 Å². The van der Waals surface area contributed by atoms with Crippen molar-refractivity contribution >= 4 is 23.4 Å². The Morgan fingerprint density at radius 3 is 2.70 bits per heavy atom. The standard InChI is InChI=1S/C14H21N3O2S/c15-12-1-3-13(4-2-12)20-11-14(18)16-5-6-17-7-9-19-10-8-17/h1-4H,5-11,15H2,(H,16,18). The number of thioether (sulfide) groups is 1. The summed E-state index contributed by atoms with van der Waals surface area (Å²) in [5.41, 5.74) is 6.36. The van der Waals surface area contributed by atoms with Crippen molar-refractivity contribution in [3.05, 3.63) is 24.3 Å². The molecule has 1 saturated heterocycles. The quantitative estimate of drug-likeness (QED) is 0.600. The van der Waals surface area contributed by atoms with E-state index in [0.717, 1.165) is 43.4 Å². The molecule has 1 fully saturated rings. The number of nitrogens with zero attached hydrogens (tertiary/aromatic N) is 1. The van der Waals surface area contributed by atoms with Crippen molar-refractivity contribution in [3.63, 3.8) is 0 Å². The number of anilines is 1. The molecular weight excluding hydrogens is 274 g/mol. The van der Waals surface area contributed by atoms with Crippen LogP contribution in [0.5, 0.6) is 0 Å². The van der Waals surface area contributed by atoms with E-state index in [2.05, 4.69) is 10.2 Å². The van der Waals surface area contributed by atoms with Gasteiger partial charge in [0, 0.05) is 36.8 Å². The Balaban J connectivity index is 1.59. The van der Waals surface area contributed by atoms with Gasteiger partial charge >= 0.3 is 0 Å². The summed E-state index contributed by atoms with van der Waals surface area (Å²) < 4.78 is 5.28. The third-order valence-corrected chi connectivity index (χ3v) is 4.12. The molecule has 1 aromatic carbocycles. The number of benzene rings is 1. The SMILES string of the molecule is Nc1ccc(SCC(=O)NCCN2CCOCC2)cc1. The molecule has 0 spiro atoms. The number of nitrogen functional groups attached to an aromatic ring is 1. The monoisotopic (exact) mass is 295 g/mol. The number of rotatable bonds is 6. The largest absolute Gasteiger partial charge is 0.399 e. The molecule has 0 aliphatic carbocycles. The third kappa shape index (κ3) is 5.40. The first-order valence-corrected chi connectivity index (χ1v) is 7.78. The second-order valence-electron chi connectivity index (χ2n) is 4.66. The van der Waals surface area contributed by atoms with Gasteiger partial charge in [-0.15, -0.1) is 11.8 Å². The van der Waals surface area contributed by atoms with Gasteiger partial charge in [0.2, 0.25) is 5.91 Å². The predicted octanol–water partition coefficient (Wildman–Crippen LogP) is 0.809. The molecule has 6 heteroatoms. The molecule has 0 atom stereocenters. The average molecular weight is 295 g/mol. The van der Waals surface area contributed by atoms with Crippen molar-refractivity contribution in [2.75, 3.05) is 50.9 Å². The summed E-state index contributed by atoms with van der Waals surface area (Å²) in [6.45, 7) is 5.08. The summed E-state index contributed by atoms with van der Waals surface area (Å²) in [7, 11) is 0. The lowest BCUT2D eigenvalue weighted by Crippen LogP contribution is -2.41. The van der Waals surface area contributed by atoms with Gasteiger partial charge in [-0.25, -0.2) is 0 Å². The lowest BCUT2D eigenvalue weighted by atomic mass is 10.3. The van der Waals surface area contributed by atoms with Crippen molar-refractivity contribution in [3.8, 4) is 0 Å². The molecule has 3 N–H and O–H groups in total. The minimum Gasteiger partial charge on any atom is -0.399 e. The molecule has 0 bridgehead atoms. The highest BCUT2D eigenvalue weighted by Gasteiger charge is 2.10. The summed E-state index contributed by atoms with van der Waals surface area (Å²) >= 11 is 1.52. The van der Waals surface area contributed by atoms with Crippen LogP contribution in [0.4, 0.5) is 5.69 Å². The Hall–Kier alpha value is -1.24. The molecule has 5 nitrogen and oxygen atoms in total. The molecule has 0 radical (unpaired) electrons. The maximum atomic E-state index is 11.7. The van der Waals surface area contributed by atoms with Gasteiger partial charge in [-0.1, -0.05) is 0 Å². The van der Waals surface area contributed by atoms with Crippen LogP contribution in [0.1, 0.15) is 0 Å². The fourth-order valence-corrected chi connectivity index (χ4v) is 2.67. The molecule has 1 heterocycles. The number of nitrogens with one attached hydrogen (secondary N) is 1. The highest BCUT2D eigenvalue weighted by Crippen LogP contribution is 2.18. The molecule has 1 aliphatic rings. The summed E-state index contributed by atoms with van der Waals surface area (Å²) in [6.07, 6.45) is 0. The van der Waals surface area contributed by atoms with Gasteiger partial charge in [-0.2, -0.15) is 0 Å². The van der Waals surface area contributed by atoms with E-state index < -0.39 is 0 Å². The van der Waals surface area contributed by atoms with Crippen LogP contribution in [-0.2, 0) is 9.53 Å². The Morgan fingerprint density at radius 1 is 1.30 bits per heavy atom. The van der Waals surface area contributed by atoms with Crippen LogP contribution in [-0.4, -0.2) is 56.0 Å². The first kappa shape index (κ1) is 15.2. The van der Waals surface area contributed by atoms with Gasteiger partial charge in [-0.3, -0.25) is 9.69 Å². The van der Waals surface area contributed by atoms with E-state index in [4.69, 9.17) is 10.5 Å². The lowest BCUT2D eigenvalue weighted by Gasteiger charge is -2.26. The number of ether oxygens (including phenoxy) is 1. The molecule has 2 rings (SSSR count). The highest BCUT2D eigenvalue weighted by molar-refractivity contribution is 8.00. The van der Waals surface area contributed by atoms with Gasteiger partial charge in [-0.05, 0) is 24.3 Å². The van der Waals surface area contributed by atoms with Crippen molar-refractivity contribution in [1.82, 2.24) is 10.2 Å². The van der Waals surface area contributed by atoms with Gasteiger partial charge in [0.05, 0.1) is 19.0 Å². The number of carbonyl (C=O) groups is 1. The van der Waals surface area contributed by atoms with E-state index in [9.17, 15) is 4.79 Å². The molecule has 0 saturated carbocycles. The highest BCUT2D eigenvalue weighted by atomic mass is 32.2. The first-order valence-electron chi connectivity index (χ1n) is 6.79. The number of hydrogen-bond donors (Lipinski definition) is 2. The van der Waals surface area contributed by atoms with Crippen LogP contribution in [0, 0.1) is 0 Å². The van der Waals surface area contributed by atoms with E-state index in [1.54, 1.807) is 0 Å². The average Bonchev–Trinajstić information content (AvgIpc) is 2.48. The number of morpholine rings is 1. The van der Waals surface area contributed by atoms with E-state index in [0.29, 0.717) is 12.3 Å². The Morgan fingerprint density at radius 2 is 2.00 bits per heavy atom. The van der Waals surface area contributed by atoms with Crippen LogP contribution >= 0.6 is 11.8 Å². The smallest absolute Gasteiger partial charge is 0.230 e. The predicted molar refractivity (Wildman–Crippen MR) is 81.8 cm³/mol. The molecule has 110 valence electrons. The number of carbonyl (C=O) groups excluding carboxylic acids is 1. The molecule has 1 aromatic rings. The van der Waals surface area contributed by atoms with Crippen LogP contribution < -0.4 is 11.1 Å². The van der Waals surface area contributed by atoms with Crippen LogP contribution in [0.15, 0.2) is 29.2 Å². The minimum absolute atomic E-state index is 0.0695.